The lowest BCUT2D eigenvalue weighted by atomic mass is 10.0. The first-order valence-corrected chi connectivity index (χ1v) is 14.3. The fraction of sp³-hybridized carbons (Fsp3) is 0.484. The third kappa shape index (κ3) is 8.17. The van der Waals surface area contributed by atoms with Gasteiger partial charge in [-0.05, 0) is 69.4 Å². The standard InChI is InChI=1S/C31H41N5O6.ClH/c1-19-8-6-7-9-24(19)33-29(40)34-25-13-12-22(16-26(25)42-5)18-35-30(41)36(28(39)31(35,3)4)23(15-21-10-11-21)17-32-20(2)14-27(37)38;/h6-9,12-13,16,20-21,23,32H,10-11,14-15,17-18H2,1-5H3,(H,37,38)(H2,33,34,40);1H/t20-,23+;/m1./s1. The van der Waals surface area contributed by atoms with E-state index in [9.17, 15) is 19.2 Å². The van der Waals surface area contributed by atoms with E-state index in [1.807, 2.05) is 31.2 Å². The second-order valence-corrected chi connectivity index (χ2v) is 11.8. The first-order chi connectivity index (χ1) is 19.9. The molecule has 1 aliphatic carbocycles. The number of nitrogens with zero attached hydrogens (tertiary/aromatic N) is 2. The van der Waals surface area contributed by atoms with Gasteiger partial charge in [-0.15, -0.1) is 12.4 Å². The van der Waals surface area contributed by atoms with E-state index in [4.69, 9.17) is 9.84 Å². The first-order valence-electron chi connectivity index (χ1n) is 14.3. The van der Waals surface area contributed by atoms with Crippen molar-refractivity contribution in [3.63, 3.8) is 0 Å². The van der Waals surface area contributed by atoms with Crippen LogP contribution in [0.4, 0.5) is 21.0 Å². The van der Waals surface area contributed by atoms with E-state index in [1.54, 1.807) is 43.9 Å². The Hall–Kier alpha value is -3.83. The molecule has 1 aliphatic heterocycles. The smallest absolute Gasteiger partial charge is 0.328 e. The molecule has 234 valence electrons. The molecule has 0 spiro atoms. The van der Waals surface area contributed by atoms with Crippen molar-refractivity contribution < 1.29 is 29.0 Å². The number of imide groups is 1. The predicted molar refractivity (Wildman–Crippen MR) is 167 cm³/mol. The van der Waals surface area contributed by atoms with E-state index in [0.29, 0.717) is 36.0 Å². The second-order valence-electron chi connectivity index (χ2n) is 11.8. The maximum Gasteiger partial charge on any atom is 0.328 e. The van der Waals surface area contributed by atoms with Crippen LogP contribution in [0.15, 0.2) is 42.5 Å². The molecule has 0 radical (unpaired) electrons. The van der Waals surface area contributed by atoms with Gasteiger partial charge in [-0.1, -0.05) is 37.1 Å². The van der Waals surface area contributed by atoms with Crippen LogP contribution in [-0.4, -0.2) is 70.1 Å². The maximum absolute atomic E-state index is 13.8. The number of benzene rings is 2. The van der Waals surface area contributed by atoms with Crippen LogP contribution in [-0.2, 0) is 16.1 Å². The average Bonchev–Trinajstić information content (AvgIpc) is 3.73. The molecule has 0 unspecified atom stereocenters. The molecule has 1 saturated heterocycles. The molecule has 11 nitrogen and oxygen atoms in total. The van der Waals surface area contributed by atoms with E-state index in [0.717, 1.165) is 24.0 Å². The molecular formula is C31H42ClN5O6. The van der Waals surface area contributed by atoms with Gasteiger partial charge in [-0.25, -0.2) is 9.59 Å². The van der Waals surface area contributed by atoms with Crippen molar-refractivity contribution in [2.24, 2.45) is 5.92 Å². The highest BCUT2D eigenvalue weighted by atomic mass is 35.5. The van der Waals surface area contributed by atoms with Crippen LogP contribution in [0.5, 0.6) is 5.75 Å². The van der Waals surface area contributed by atoms with Crippen LogP contribution >= 0.6 is 12.4 Å². The van der Waals surface area contributed by atoms with Gasteiger partial charge in [-0.3, -0.25) is 14.5 Å². The van der Waals surface area contributed by atoms with Crippen LogP contribution in [0.25, 0.3) is 0 Å². The number of methoxy groups -OCH3 is 1. The minimum atomic E-state index is -1.08. The van der Waals surface area contributed by atoms with Crippen molar-refractivity contribution in [2.45, 2.75) is 77.5 Å². The SMILES string of the molecule is COc1cc(CN2C(=O)N([C@H](CN[C@H](C)CC(=O)O)CC3CC3)C(=O)C2(C)C)ccc1NC(=O)Nc1ccccc1C.Cl. The Morgan fingerprint density at radius 1 is 1.09 bits per heavy atom. The molecule has 0 bridgehead atoms. The van der Waals surface area contributed by atoms with Crippen molar-refractivity contribution in [2.75, 3.05) is 24.3 Å². The lowest BCUT2D eigenvalue weighted by Crippen LogP contribution is -2.49. The number of halogens is 1. The molecule has 2 fully saturated rings. The largest absolute Gasteiger partial charge is 0.495 e. The van der Waals surface area contributed by atoms with E-state index in [-0.39, 0.29) is 49.4 Å². The highest BCUT2D eigenvalue weighted by molar-refractivity contribution is 6.07. The van der Waals surface area contributed by atoms with Gasteiger partial charge in [0.2, 0.25) is 0 Å². The molecule has 0 aromatic heterocycles. The third-order valence-corrected chi connectivity index (χ3v) is 7.95. The predicted octanol–water partition coefficient (Wildman–Crippen LogP) is 5.23. The third-order valence-electron chi connectivity index (χ3n) is 7.95. The average molecular weight is 616 g/mol. The molecule has 1 heterocycles. The number of hydrogen-bond donors (Lipinski definition) is 4. The second kappa shape index (κ2) is 14.1. The van der Waals surface area contributed by atoms with Crippen molar-refractivity contribution in [1.29, 1.82) is 0 Å². The minimum Gasteiger partial charge on any atom is -0.495 e. The number of aliphatic carboxylic acids is 1. The summed E-state index contributed by atoms with van der Waals surface area (Å²) in [5.74, 6) is -0.304. The molecular weight excluding hydrogens is 574 g/mol. The number of amides is 5. The molecule has 1 saturated carbocycles. The van der Waals surface area contributed by atoms with E-state index < -0.39 is 17.5 Å². The number of hydrogen-bond acceptors (Lipinski definition) is 6. The summed E-state index contributed by atoms with van der Waals surface area (Å²) < 4.78 is 5.54. The van der Waals surface area contributed by atoms with Gasteiger partial charge < -0.3 is 30.7 Å². The van der Waals surface area contributed by atoms with Gasteiger partial charge in [0.05, 0.1) is 25.3 Å². The Morgan fingerprint density at radius 3 is 2.40 bits per heavy atom. The van der Waals surface area contributed by atoms with Crippen molar-refractivity contribution in [3.05, 3.63) is 53.6 Å². The monoisotopic (exact) mass is 615 g/mol. The van der Waals surface area contributed by atoms with Crippen LogP contribution < -0.4 is 20.7 Å². The van der Waals surface area contributed by atoms with Gasteiger partial charge >= 0.3 is 18.0 Å². The summed E-state index contributed by atoms with van der Waals surface area (Å²) >= 11 is 0. The van der Waals surface area contributed by atoms with Crippen LogP contribution in [0.3, 0.4) is 0 Å². The fourth-order valence-corrected chi connectivity index (χ4v) is 5.25. The molecule has 4 rings (SSSR count). The minimum absolute atomic E-state index is 0. The van der Waals surface area contributed by atoms with Gasteiger partial charge in [0, 0.05) is 24.8 Å². The van der Waals surface area contributed by atoms with Gasteiger partial charge in [0.25, 0.3) is 5.91 Å². The lowest BCUT2D eigenvalue weighted by Gasteiger charge is -2.28. The first kappa shape index (κ1) is 33.7. The number of anilines is 2. The van der Waals surface area contributed by atoms with E-state index in [1.165, 1.54) is 12.0 Å². The molecule has 5 amide bonds. The number of carboxylic acids is 1. The molecule has 2 aliphatic rings. The Bertz CT molecular complexity index is 1350. The van der Waals surface area contributed by atoms with Crippen LogP contribution in [0, 0.1) is 12.8 Å². The van der Waals surface area contributed by atoms with Crippen LogP contribution in [0.1, 0.15) is 57.6 Å². The number of carbonyl (C=O) groups excluding carboxylic acids is 3. The molecule has 4 N–H and O–H groups in total. The highest BCUT2D eigenvalue weighted by Crippen LogP contribution is 2.38. The Morgan fingerprint density at radius 2 is 1.77 bits per heavy atom. The van der Waals surface area contributed by atoms with Gasteiger partial charge in [0.15, 0.2) is 0 Å². The van der Waals surface area contributed by atoms with E-state index in [2.05, 4.69) is 16.0 Å². The summed E-state index contributed by atoms with van der Waals surface area (Å²) in [6.45, 7) is 7.67. The van der Waals surface area contributed by atoms with Crippen molar-refractivity contribution >= 4 is 47.7 Å². The summed E-state index contributed by atoms with van der Waals surface area (Å²) in [5.41, 5.74) is 1.74. The number of carboxylic acid groups (broad SMARTS) is 1. The molecule has 2 aromatic carbocycles. The maximum atomic E-state index is 13.8. The van der Waals surface area contributed by atoms with Gasteiger partial charge in [-0.2, -0.15) is 0 Å². The fourth-order valence-electron chi connectivity index (χ4n) is 5.25. The summed E-state index contributed by atoms with van der Waals surface area (Å²) in [7, 11) is 1.50. The molecule has 43 heavy (non-hydrogen) atoms. The van der Waals surface area contributed by atoms with Crippen LogP contribution in [0.2, 0.25) is 0 Å². The summed E-state index contributed by atoms with van der Waals surface area (Å²) in [6.07, 6.45) is 2.77. The zero-order chi connectivity index (χ0) is 30.6. The Balaban J connectivity index is 0.00000506. The van der Waals surface area contributed by atoms with Crippen molar-refractivity contribution in [3.8, 4) is 5.75 Å². The molecule has 2 atom stereocenters. The quantitative estimate of drug-likeness (QED) is 0.226. The summed E-state index contributed by atoms with van der Waals surface area (Å²) in [4.78, 5) is 54.1. The Labute approximate surface area is 258 Å². The summed E-state index contributed by atoms with van der Waals surface area (Å²) in [5, 5.41) is 18.0. The number of aryl methyl sites for hydroxylation is 1. The number of nitrogens with one attached hydrogen (secondary N) is 3. The molecule has 12 heteroatoms. The van der Waals surface area contributed by atoms with E-state index >= 15 is 0 Å². The number of para-hydroxylation sites is 1. The molecule has 2 aromatic rings. The summed E-state index contributed by atoms with van der Waals surface area (Å²) in [6, 6.07) is 11.3. The van der Waals surface area contributed by atoms with Gasteiger partial charge in [0.1, 0.15) is 11.3 Å². The highest BCUT2D eigenvalue weighted by Gasteiger charge is 2.53. The number of carbonyl (C=O) groups is 4. The zero-order valence-corrected chi connectivity index (χ0v) is 26.1. The normalized spacial score (nSPS) is 17.2. The van der Waals surface area contributed by atoms with Crippen molar-refractivity contribution in [1.82, 2.24) is 15.1 Å². The number of urea groups is 2. The lowest BCUT2D eigenvalue weighted by molar-refractivity contribution is -0.137. The number of rotatable bonds is 13. The zero-order valence-electron chi connectivity index (χ0n) is 25.3. The number of ether oxygens (including phenoxy) is 1. The topological polar surface area (TPSA) is 140 Å². The Kier molecular flexibility index (Phi) is 11.0.